The molecule has 0 radical (unpaired) electrons. The van der Waals surface area contributed by atoms with Crippen molar-refractivity contribution >= 4 is 17.2 Å². The average Bonchev–Trinajstić information content (AvgIpc) is 3.10. The highest BCUT2D eigenvalue weighted by Crippen LogP contribution is 2.28. The van der Waals surface area contributed by atoms with Crippen molar-refractivity contribution < 1.29 is 9.18 Å². The van der Waals surface area contributed by atoms with Crippen molar-refractivity contribution in [2.75, 3.05) is 13.1 Å². The highest BCUT2D eigenvalue weighted by Gasteiger charge is 2.20. The Labute approximate surface area is 127 Å². The summed E-state index contributed by atoms with van der Waals surface area (Å²) in [5.41, 5.74) is 1.79. The second-order valence-electron chi connectivity index (χ2n) is 5.30. The van der Waals surface area contributed by atoms with Crippen molar-refractivity contribution in [2.45, 2.75) is 26.2 Å². The SMILES string of the molecule is Cc1nc(-c2ccc(F)cc2)sc1CC(=O)N1CCCC1. The molecule has 0 atom stereocenters. The third-order valence-electron chi connectivity index (χ3n) is 3.75. The third-order valence-corrected chi connectivity index (χ3v) is 4.96. The summed E-state index contributed by atoms with van der Waals surface area (Å²) < 4.78 is 13.0. The van der Waals surface area contributed by atoms with E-state index in [1.165, 1.54) is 23.5 Å². The first-order valence-corrected chi connectivity index (χ1v) is 7.95. The molecule has 1 aliphatic rings. The molecular formula is C16H17FN2OS. The maximum atomic E-state index is 13.0. The number of amides is 1. The summed E-state index contributed by atoms with van der Waals surface area (Å²) in [6.45, 7) is 3.68. The minimum atomic E-state index is -0.253. The lowest BCUT2D eigenvalue weighted by Crippen LogP contribution is -2.28. The topological polar surface area (TPSA) is 33.2 Å². The number of benzene rings is 1. The first kappa shape index (κ1) is 14.2. The van der Waals surface area contributed by atoms with E-state index in [0.29, 0.717) is 6.42 Å². The van der Waals surface area contributed by atoms with Crippen LogP contribution in [0.2, 0.25) is 0 Å². The first-order chi connectivity index (χ1) is 10.1. The Morgan fingerprint density at radius 1 is 1.29 bits per heavy atom. The number of hydrogen-bond donors (Lipinski definition) is 0. The van der Waals surface area contributed by atoms with Crippen LogP contribution in [0.4, 0.5) is 4.39 Å². The normalized spacial score (nSPS) is 14.7. The molecule has 0 spiro atoms. The van der Waals surface area contributed by atoms with Crippen LogP contribution < -0.4 is 0 Å². The minimum absolute atomic E-state index is 0.185. The molecule has 1 aromatic carbocycles. The number of carbonyl (C=O) groups excluding carboxylic acids is 1. The Hall–Kier alpha value is -1.75. The molecule has 1 fully saturated rings. The second-order valence-corrected chi connectivity index (χ2v) is 6.38. The zero-order valence-corrected chi connectivity index (χ0v) is 12.8. The zero-order valence-electron chi connectivity index (χ0n) is 11.9. The summed E-state index contributed by atoms with van der Waals surface area (Å²) >= 11 is 1.52. The molecule has 21 heavy (non-hydrogen) atoms. The molecular weight excluding hydrogens is 287 g/mol. The number of likely N-dealkylation sites (tertiary alicyclic amines) is 1. The van der Waals surface area contributed by atoms with Gasteiger partial charge in [-0.1, -0.05) is 0 Å². The smallest absolute Gasteiger partial charge is 0.227 e. The van der Waals surface area contributed by atoms with E-state index in [9.17, 15) is 9.18 Å². The van der Waals surface area contributed by atoms with Crippen molar-refractivity contribution in [3.63, 3.8) is 0 Å². The summed E-state index contributed by atoms with van der Waals surface area (Å²) in [6, 6.07) is 6.31. The van der Waals surface area contributed by atoms with Crippen LogP contribution >= 0.6 is 11.3 Å². The quantitative estimate of drug-likeness (QED) is 0.870. The van der Waals surface area contributed by atoms with Gasteiger partial charge in [0, 0.05) is 23.5 Å². The number of halogens is 1. The fraction of sp³-hybridized carbons (Fsp3) is 0.375. The van der Waals surface area contributed by atoms with E-state index in [4.69, 9.17) is 0 Å². The van der Waals surface area contributed by atoms with Gasteiger partial charge < -0.3 is 4.90 Å². The molecule has 1 amide bonds. The van der Waals surface area contributed by atoms with Crippen LogP contribution in [0.25, 0.3) is 10.6 Å². The average molecular weight is 304 g/mol. The Morgan fingerprint density at radius 2 is 1.95 bits per heavy atom. The maximum Gasteiger partial charge on any atom is 0.227 e. The monoisotopic (exact) mass is 304 g/mol. The molecule has 2 heterocycles. The maximum absolute atomic E-state index is 13.0. The molecule has 5 heteroatoms. The lowest BCUT2D eigenvalue weighted by Gasteiger charge is -2.14. The van der Waals surface area contributed by atoms with E-state index in [0.717, 1.165) is 47.1 Å². The van der Waals surface area contributed by atoms with Crippen LogP contribution in [-0.2, 0) is 11.2 Å². The van der Waals surface area contributed by atoms with E-state index in [1.807, 2.05) is 11.8 Å². The summed E-state index contributed by atoms with van der Waals surface area (Å²) in [4.78, 5) is 19.7. The van der Waals surface area contributed by atoms with Crippen LogP contribution in [0.15, 0.2) is 24.3 Å². The van der Waals surface area contributed by atoms with Gasteiger partial charge in [-0.2, -0.15) is 0 Å². The van der Waals surface area contributed by atoms with Gasteiger partial charge in [0.05, 0.1) is 12.1 Å². The number of rotatable bonds is 3. The number of aromatic nitrogens is 1. The molecule has 3 rings (SSSR count). The molecule has 1 aromatic heterocycles. The van der Waals surface area contributed by atoms with Gasteiger partial charge in [-0.3, -0.25) is 4.79 Å². The van der Waals surface area contributed by atoms with Gasteiger partial charge in [-0.25, -0.2) is 9.37 Å². The van der Waals surface area contributed by atoms with E-state index in [1.54, 1.807) is 12.1 Å². The van der Waals surface area contributed by atoms with Gasteiger partial charge in [-0.15, -0.1) is 11.3 Å². The predicted molar refractivity (Wildman–Crippen MR) is 81.8 cm³/mol. The van der Waals surface area contributed by atoms with Crippen LogP contribution in [0.3, 0.4) is 0 Å². The van der Waals surface area contributed by atoms with Crippen molar-refractivity contribution in [3.8, 4) is 10.6 Å². The molecule has 0 aliphatic carbocycles. The third kappa shape index (κ3) is 3.13. The number of nitrogens with zero attached hydrogens (tertiary/aromatic N) is 2. The highest BCUT2D eigenvalue weighted by atomic mass is 32.1. The van der Waals surface area contributed by atoms with Crippen LogP contribution in [-0.4, -0.2) is 28.9 Å². The fourth-order valence-corrected chi connectivity index (χ4v) is 3.58. The van der Waals surface area contributed by atoms with Crippen LogP contribution in [0.1, 0.15) is 23.4 Å². The fourth-order valence-electron chi connectivity index (χ4n) is 2.52. The first-order valence-electron chi connectivity index (χ1n) is 7.13. The number of aryl methyl sites for hydroxylation is 1. The second kappa shape index (κ2) is 5.93. The predicted octanol–water partition coefficient (Wildman–Crippen LogP) is 3.42. The Morgan fingerprint density at radius 3 is 2.62 bits per heavy atom. The summed E-state index contributed by atoms with van der Waals surface area (Å²) in [7, 11) is 0. The Kier molecular flexibility index (Phi) is 4.01. The van der Waals surface area contributed by atoms with Crippen molar-refractivity contribution in [1.29, 1.82) is 0 Å². The van der Waals surface area contributed by atoms with Gasteiger partial charge in [-0.05, 0) is 44.0 Å². The molecule has 0 bridgehead atoms. The highest BCUT2D eigenvalue weighted by molar-refractivity contribution is 7.15. The van der Waals surface area contributed by atoms with Crippen molar-refractivity contribution in [1.82, 2.24) is 9.88 Å². The largest absolute Gasteiger partial charge is 0.342 e. The van der Waals surface area contributed by atoms with Crippen LogP contribution in [0.5, 0.6) is 0 Å². The molecule has 110 valence electrons. The lowest BCUT2D eigenvalue weighted by molar-refractivity contribution is -0.129. The molecule has 1 saturated heterocycles. The van der Waals surface area contributed by atoms with Crippen molar-refractivity contribution in [3.05, 3.63) is 40.7 Å². The Bertz CT molecular complexity index is 645. The lowest BCUT2D eigenvalue weighted by atomic mass is 10.2. The van der Waals surface area contributed by atoms with E-state index in [-0.39, 0.29) is 11.7 Å². The van der Waals surface area contributed by atoms with Gasteiger partial charge in [0.1, 0.15) is 10.8 Å². The number of carbonyl (C=O) groups is 1. The van der Waals surface area contributed by atoms with Crippen molar-refractivity contribution in [2.24, 2.45) is 0 Å². The molecule has 0 N–H and O–H groups in total. The molecule has 0 saturated carbocycles. The Balaban J connectivity index is 1.77. The van der Waals surface area contributed by atoms with Gasteiger partial charge >= 0.3 is 0 Å². The van der Waals surface area contributed by atoms with E-state index in [2.05, 4.69) is 4.98 Å². The molecule has 3 nitrogen and oxygen atoms in total. The van der Waals surface area contributed by atoms with E-state index >= 15 is 0 Å². The summed E-state index contributed by atoms with van der Waals surface area (Å²) in [6.07, 6.45) is 2.63. The van der Waals surface area contributed by atoms with Gasteiger partial charge in [0.15, 0.2) is 0 Å². The van der Waals surface area contributed by atoms with Gasteiger partial charge in [0.2, 0.25) is 5.91 Å². The minimum Gasteiger partial charge on any atom is -0.342 e. The summed E-state index contributed by atoms with van der Waals surface area (Å²) in [5, 5.41) is 0.844. The van der Waals surface area contributed by atoms with Gasteiger partial charge in [0.25, 0.3) is 0 Å². The standard InChI is InChI=1S/C16H17FN2OS/c1-11-14(10-15(20)19-8-2-3-9-19)21-16(18-11)12-4-6-13(17)7-5-12/h4-7H,2-3,8-10H2,1H3. The zero-order chi connectivity index (χ0) is 14.8. The van der Waals surface area contributed by atoms with E-state index < -0.39 is 0 Å². The number of hydrogen-bond acceptors (Lipinski definition) is 3. The molecule has 2 aromatic rings. The molecule has 1 aliphatic heterocycles. The molecule has 0 unspecified atom stereocenters. The summed E-state index contributed by atoms with van der Waals surface area (Å²) in [5.74, 6) is -0.0682. The number of thiazole rings is 1. The van der Waals surface area contributed by atoms with Crippen LogP contribution in [0, 0.1) is 12.7 Å².